The Morgan fingerprint density at radius 1 is 0.893 bits per heavy atom. The van der Waals surface area contributed by atoms with Gasteiger partial charge in [0.25, 0.3) is 0 Å². The van der Waals surface area contributed by atoms with Gasteiger partial charge in [0.1, 0.15) is 0 Å². The monoisotopic (exact) mass is 378 g/mol. The van der Waals surface area contributed by atoms with Crippen molar-refractivity contribution in [2.75, 3.05) is 19.6 Å². The summed E-state index contributed by atoms with van der Waals surface area (Å²) in [5.41, 5.74) is 3.14. The van der Waals surface area contributed by atoms with Crippen molar-refractivity contribution in [2.24, 2.45) is 0 Å². The third-order valence-electron chi connectivity index (χ3n) is 6.46. The molecule has 2 aromatic rings. The highest BCUT2D eigenvalue weighted by atomic mass is 16.4. The van der Waals surface area contributed by atoms with Crippen molar-refractivity contribution in [3.63, 3.8) is 0 Å². The highest BCUT2D eigenvalue weighted by Gasteiger charge is 2.42. The fourth-order valence-electron chi connectivity index (χ4n) is 5.03. The molecule has 1 saturated carbocycles. The zero-order chi connectivity index (χ0) is 19.4. The van der Waals surface area contributed by atoms with Crippen molar-refractivity contribution in [3.8, 4) is 0 Å². The van der Waals surface area contributed by atoms with Crippen molar-refractivity contribution >= 4 is 5.97 Å². The van der Waals surface area contributed by atoms with Crippen molar-refractivity contribution in [1.29, 1.82) is 0 Å². The second-order valence-electron chi connectivity index (χ2n) is 8.41. The fourth-order valence-corrected chi connectivity index (χ4v) is 5.03. The summed E-state index contributed by atoms with van der Waals surface area (Å²) in [5, 5.41) is 9.27. The van der Waals surface area contributed by atoms with E-state index in [1.165, 1.54) is 37.7 Å². The van der Waals surface area contributed by atoms with E-state index >= 15 is 0 Å². The van der Waals surface area contributed by atoms with E-state index in [4.69, 9.17) is 0 Å². The number of piperazine rings is 1. The van der Waals surface area contributed by atoms with E-state index in [9.17, 15) is 9.90 Å². The molecule has 1 aliphatic heterocycles. The van der Waals surface area contributed by atoms with Gasteiger partial charge in [-0.2, -0.15) is 0 Å². The number of hydrogen-bond acceptors (Lipinski definition) is 3. The van der Waals surface area contributed by atoms with Crippen LogP contribution < -0.4 is 0 Å². The molecule has 2 fully saturated rings. The molecule has 0 radical (unpaired) electrons. The molecule has 4 rings (SSSR count). The minimum absolute atomic E-state index is 0.261. The van der Waals surface area contributed by atoms with Crippen LogP contribution in [0.15, 0.2) is 54.6 Å². The predicted octanol–water partition coefficient (Wildman–Crippen LogP) is 4.41. The lowest BCUT2D eigenvalue weighted by Gasteiger charge is -2.53. The SMILES string of the molecule is O=C(O)c1cccc(CN2CCN(Cc3ccccc3)C3(CCCCC3)C2)c1. The summed E-state index contributed by atoms with van der Waals surface area (Å²) in [6, 6.07) is 18.2. The molecule has 28 heavy (non-hydrogen) atoms. The number of rotatable bonds is 5. The van der Waals surface area contributed by atoms with E-state index < -0.39 is 5.97 Å². The molecule has 0 unspecified atom stereocenters. The Bertz CT molecular complexity index is 799. The highest BCUT2D eigenvalue weighted by Crippen LogP contribution is 2.38. The number of carboxylic acid groups (broad SMARTS) is 1. The maximum Gasteiger partial charge on any atom is 0.335 e. The molecule has 1 aliphatic carbocycles. The second-order valence-corrected chi connectivity index (χ2v) is 8.41. The Hall–Kier alpha value is -2.17. The van der Waals surface area contributed by atoms with Gasteiger partial charge in [-0.3, -0.25) is 9.80 Å². The van der Waals surface area contributed by atoms with E-state index in [-0.39, 0.29) is 5.54 Å². The quantitative estimate of drug-likeness (QED) is 0.837. The lowest BCUT2D eigenvalue weighted by atomic mass is 9.78. The minimum atomic E-state index is -0.849. The third-order valence-corrected chi connectivity index (χ3v) is 6.46. The number of carbonyl (C=O) groups is 1. The Balaban J connectivity index is 1.49. The molecule has 4 heteroatoms. The number of hydrogen-bond donors (Lipinski definition) is 1. The molecule has 4 nitrogen and oxygen atoms in total. The lowest BCUT2D eigenvalue weighted by molar-refractivity contribution is -0.0351. The number of carboxylic acids is 1. The Morgan fingerprint density at radius 2 is 1.64 bits per heavy atom. The molecule has 1 heterocycles. The van der Waals surface area contributed by atoms with Crippen LogP contribution in [-0.2, 0) is 13.1 Å². The molecular formula is C24H30N2O2. The summed E-state index contributed by atoms with van der Waals surface area (Å²) in [6.45, 7) is 5.06. The van der Waals surface area contributed by atoms with Crippen LogP contribution in [0, 0.1) is 0 Å². The van der Waals surface area contributed by atoms with Crippen molar-refractivity contribution in [3.05, 3.63) is 71.3 Å². The van der Waals surface area contributed by atoms with Gasteiger partial charge in [0.05, 0.1) is 5.56 Å². The molecule has 0 bridgehead atoms. The van der Waals surface area contributed by atoms with Gasteiger partial charge in [-0.25, -0.2) is 4.79 Å². The first-order valence-corrected chi connectivity index (χ1v) is 10.5. The first kappa shape index (κ1) is 19.2. The standard InChI is InChI=1S/C24H30N2O2/c27-23(28)22-11-7-10-21(16-22)17-25-14-15-26(18-20-8-3-1-4-9-20)24(19-25)12-5-2-6-13-24/h1,3-4,7-11,16H,2,5-6,12-15,17-19H2,(H,27,28). The Kier molecular flexibility index (Phi) is 5.79. The summed E-state index contributed by atoms with van der Waals surface area (Å²) in [4.78, 5) is 16.5. The molecule has 0 atom stereocenters. The Morgan fingerprint density at radius 3 is 2.39 bits per heavy atom. The maximum absolute atomic E-state index is 11.3. The highest BCUT2D eigenvalue weighted by molar-refractivity contribution is 5.87. The third kappa shape index (κ3) is 4.29. The van der Waals surface area contributed by atoms with Gasteiger partial charge in [-0.05, 0) is 36.1 Å². The Labute approximate surface area is 167 Å². The van der Waals surface area contributed by atoms with Gasteiger partial charge in [0.2, 0.25) is 0 Å². The van der Waals surface area contributed by atoms with Crippen molar-refractivity contribution in [1.82, 2.24) is 9.80 Å². The van der Waals surface area contributed by atoms with Gasteiger partial charge in [0.15, 0.2) is 0 Å². The van der Waals surface area contributed by atoms with E-state index in [0.29, 0.717) is 5.56 Å². The molecule has 148 valence electrons. The second kappa shape index (κ2) is 8.46. The van der Waals surface area contributed by atoms with Crippen LogP contribution in [0.4, 0.5) is 0 Å². The van der Waals surface area contributed by atoms with Gasteiger partial charge >= 0.3 is 5.97 Å². The molecule has 1 spiro atoms. The fraction of sp³-hybridized carbons (Fsp3) is 0.458. The van der Waals surface area contributed by atoms with E-state index in [2.05, 4.69) is 46.2 Å². The smallest absolute Gasteiger partial charge is 0.335 e. The molecule has 2 aliphatic rings. The van der Waals surface area contributed by atoms with Crippen LogP contribution in [-0.4, -0.2) is 46.0 Å². The lowest BCUT2D eigenvalue weighted by Crippen LogP contribution is -2.62. The van der Waals surface area contributed by atoms with Gasteiger partial charge in [0, 0.05) is 38.3 Å². The number of aromatic carboxylic acids is 1. The van der Waals surface area contributed by atoms with E-state index in [0.717, 1.165) is 38.3 Å². The van der Waals surface area contributed by atoms with Crippen LogP contribution in [0.5, 0.6) is 0 Å². The van der Waals surface area contributed by atoms with Crippen molar-refractivity contribution < 1.29 is 9.90 Å². The summed E-state index contributed by atoms with van der Waals surface area (Å²) in [7, 11) is 0. The minimum Gasteiger partial charge on any atom is -0.478 e. The average Bonchev–Trinajstić information content (AvgIpc) is 2.72. The molecule has 1 N–H and O–H groups in total. The molecule has 1 saturated heterocycles. The molecule has 2 aromatic carbocycles. The first-order valence-electron chi connectivity index (χ1n) is 10.5. The van der Waals surface area contributed by atoms with Gasteiger partial charge < -0.3 is 5.11 Å². The summed E-state index contributed by atoms with van der Waals surface area (Å²) in [6.07, 6.45) is 6.51. The maximum atomic E-state index is 11.3. The topological polar surface area (TPSA) is 43.8 Å². The normalized spacial score (nSPS) is 20.3. The number of nitrogens with zero attached hydrogens (tertiary/aromatic N) is 2. The predicted molar refractivity (Wildman–Crippen MR) is 111 cm³/mol. The van der Waals surface area contributed by atoms with Crippen LogP contribution in [0.3, 0.4) is 0 Å². The summed E-state index contributed by atoms with van der Waals surface area (Å²) < 4.78 is 0. The molecular weight excluding hydrogens is 348 g/mol. The van der Waals surface area contributed by atoms with E-state index in [1.54, 1.807) is 6.07 Å². The zero-order valence-corrected chi connectivity index (χ0v) is 16.5. The van der Waals surface area contributed by atoms with E-state index in [1.807, 2.05) is 12.1 Å². The average molecular weight is 379 g/mol. The largest absolute Gasteiger partial charge is 0.478 e. The molecule has 0 aromatic heterocycles. The zero-order valence-electron chi connectivity index (χ0n) is 16.5. The van der Waals surface area contributed by atoms with Gasteiger partial charge in [-0.1, -0.05) is 61.7 Å². The molecule has 0 amide bonds. The van der Waals surface area contributed by atoms with Crippen LogP contribution in [0.25, 0.3) is 0 Å². The van der Waals surface area contributed by atoms with Crippen LogP contribution in [0.2, 0.25) is 0 Å². The van der Waals surface area contributed by atoms with Crippen LogP contribution >= 0.6 is 0 Å². The first-order chi connectivity index (χ1) is 13.6. The number of benzene rings is 2. The summed E-state index contributed by atoms with van der Waals surface area (Å²) in [5.74, 6) is -0.849. The van der Waals surface area contributed by atoms with Crippen molar-refractivity contribution in [2.45, 2.75) is 50.7 Å². The van der Waals surface area contributed by atoms with Gasteiger partial charge in [-0.15, -0.1) is 0 Å². The van der Waals surface area contributed by atoms with Crippen LogP contribution in [0.1, 0.15) is 53.6 Å². The summed E-state index contributed by atoms with van der Waals surface area (Å²) >= 11 is 0.